The molecule has 2 N–H and O–H groups in total. The molecule has 0 fully saturated rings. The van der Waals surface area contributed by atoms with Gasteiger partial charge in [-0.25, -0.2) is 4.99 Å². The van der Waals surface area contributed by atoms with Gasteiger partial charge >= 0.3 is 5.91 Å². The van der Waals surface area contributed by atoms with Crippen molar-refractivity contribution in [1.29, 1.82) is 0 Å². The number of ether oxygens (including phenoxy) is 1. The third-order valence-electron chi connectivity index (χ3n) is 3.03. The van der Waals surface area contributed by atoms with Crippen LogP contribution in [0.5, 0.6) is 0 Å². The van der Waals surface area contributed by atoms with Crippen molar-refractivity contribution in [1.82, 2.24) is 10.6 Å². The van der Waals surface area contributed by atoms with Crippen LogP contribution in [-0.4, -0.2) is 66.4 Å². The zero-order valence-corrected chi connectivity index (χ0v) is 16.7. The van der Waals surface area contributed by atoms with Gasteiger partial charge in [0, 0.05) is 20.6 Å². The van der Waals surface area contributed by atoms with Crippen LogP contribution in [-0.2, 0) is 19.1 Å². The first-order valence-electron chi connectivity index (χ1n) is 7.95. The molecule has 0 aliphatic carbocycles. The van der Waals surface area contributed by atoms with Gasteiger partial charge in [0.1, 0.15) is 0 Å². The van der Waals surface area contributed by atoms with E-state index in [0.29, 0.717) is 18.0 Å². The first-order chi connectivity index (χ1) is 13.4. The molecule has 0 atom stereocenters. The fourth-order valence-electron chi connectivity index (χ4n) is 1.86. The number of amides is 4. The number of amidine groups is 2. The summed E-state index contributed by atoms with van der Waals surface area (Å²) in [5.41, 5.74) is -0.359. The van der Waals surface area contributed by atoms with Gasteiger partial charge in [0.15, 0.2) is 16.7 Å². The summed E-state index contributed by atoms with van der Waals surface area (Å²) in [5, 5.41) is 6.67. The van der Waals surface area contributed by atoms with E-state index < -0.39 is 17.7 Å². The summed E-state index contributed by atoms with van der Waals surface area (Å²) in [6, 6.07) is 3.24. The van der Waals surface area contributed by atoms with Crippen LogP contribution in [0.3, 0.4) is 0 Å². The van der Waals surface area contributed by atoms with Crippen LogP contribution < -0.4 is 10.6 Å². The fraction of sp³-hybridized carbons (Fsp3) is 0.312. The number of thiophene rings is 1. The van der Waals surface area contributed by atoms with Crippen LogP contribution in [0.4, 0.5) is 0 Å². The number of hydrogen-bond donors (Lipinski definition) is 2. The molecule has 0 bridgehead atoms. The van der Waals surface area contributed by atoms with Gasteiger partial charge in [-0.15, -0.1) is 11.3 Å². The molecule has 0 aromatic carbocycles. The number of carbonyl (C=O) groups excluding carboxylic acids is 4. The summed E-state index contributed by atoms with van der Waals surface area (Å²) < 4.78 is 4.83. The van der Waals surface area contributed by atoms with Crippen molar-refractivity contribution < 1.29 is 23.9 Å². The Kier molecular flexibility index (Phi) is 8.17. The van der Waals surface area contributed by atoms with Crippen LogP contribution in [0, 0.1) is 0 Å². The Morgan fingerprint density at radius 1 is 1.32 bits per heavy atom. The Hall–Kier alpha value is -2.70. The second-order valence-corrected chi connectivity index (χ2v) is 7.11. The second kappa shape index (κ2) is 10.6. The van der Waals surface area contributed by atoms with Gasteiger partial charge in [-0.2, -0.15) is 9.98 Å². The lowest BCUT2D eigenvalue weighted by atomic mass is 10.3. The standard InChI is InChI=1S/C16H17N5O5S2/c1-9(22)18-13-12(19-14(24)10-4-3-7-27-10)15(25)21-16(20-13)28-8-11(23)17-5-6-26-2/h3-4,7H,5-6,8H2,1-2H3,(H,17,23)(H,18,20,21,22,25). The quantitative estimate of drug-likeness (QED) is 0.629. The van der Waals surface area contributed by atoms with E-state index in [2.05, 4.69) is 25.6 Å². The highest BCUT2D eigenvalue weighted by atomic mass is 32.2. The minimum absolute atomic E-state index is 0.0156. The summed E-state index contributed by atoms with van der Waals surface area (Å²) >= 11 is 2.08. The minimum atomic E-state index is -0.828. The Morgan fingerprint density at radius 3 is 2.75 bits per heavy atom. The SMILES string of the molecule is COCCNC(=O)CSC1=NC(=O)C(=NC(=O)c2cccs2)C(NC(C)=O)=N1. The number of carbonyl (C=O) groups is 4. The summed E-state index contributed by atoms with van der Waals surface area (Å²) in [6.45, 7) is 1.95. The summed E-state index contributed by atoms with van der Waals surface area (Å²) in [4.78, 5) is 59.5. The third-order valence-corrected chi connectivity index (χ3v) is 4.74. The van der Waals surface area contributed by atoms with Gasteiger partial charge in [0.25, 0.3) is 5.91 Å². The number of methoxy groups -OCH3 is 1. The highest BCUT2D eigenvalue weighted by Gasteiger charge is 2.27. The largest absolute Gasteiger partial charge is 0.383 e. The zero-order chi connectivity index (χ0) is 20.5. The molecule has 10 nitrogen and oxygen atoms in total. The van der Waals surface area contributed by atoms with E-state index >= 15 is 0 Å². The van der Waals surface area contributed by atoms with Crippen molar-refractivity contribution in [2.45, 2.75) is 6.92 Å². The molecule has 148 valence electrons. The van der Waals surface area contributed by atoms with Crippen LogP contribution >= 0.6 is 23.1 Å². The van der Waals surface area contributed by atoms with Gasteiger partial charge < -0.3 is 15.4 Å². The van der Waals surface area contributed by atoms with E-state index in [-0.39, 0.29) is 28.4 Å². The zero-order valence-electron chi connectivity index (χ0n) is 15.1. The van der Waals surface area contributed by atoms with Gasteiger partial charge in [-0.3, -0.25) is 19.2 Å². The second-order valence-electron chi connectivity index (χ2n) is 5.22. The van der Waals surface area contributed by atoms with Crippen molar-refractivity contribution in [2.24, 2.45) is 15.0 Å². The fourth-order valence-corrected chi connectivity index (χ4v) is 3.14. The highest BCUT2D eigenvalue weighted by Crippen LogP contribution is 2.13. The predicted octanol–water partition coefficient (Wildman–Crippen LogP) is 0.256. The van der Waals surface area contributed by atoms with E-state index in [1.165, 1.54) is 25.4 Å². The third kappa shape index (κ3) is 6.48. The molecule has 1 aromatic heterocycles. The van der Waals surface area contributed by atoms with Crippen molar-refractivity contribution in [3.8, 4) is 0 Å². The molecule has 0 saturated carbocycles. The van der Waals surface area contributed by atoms with E-state index in [1.807, 2.05) is 0 Å². The Morgan fingerprint density at radius 2 is 2.11 bits per heavy atom. The number of aliphatic imine (C=N–C) groups is 3. The average Bonchev–Trinajstić information content (AvgIpc) is 3.17. The molecular formula is C16H17N5O5S2. The lowest BCUT2D eigenvalue weighted by molar-refractivity contribution is -0.119. The molecule has 28 heavy (non-hydrogen) atoms. The molecule has 0 unspecified atom stereocenters. The summed E-state index contributed by atoms with van der Waals surface area (Å²) in [6.07, 6.45) is 0. The Balaban J connectivity index is 2.13. The normalized spacial score (nSPS) is 15.1. The number of thioether (sulfide) groups is 1. The van der Waals surface area contributed by atoms with Crippen LogP contribution in [0.2, 0.25) is 0 Å². The van der Waals surface area contributed by atoms with Crippen LogP contribution in [0.15, 0.2) is 32.5 Å². The number of rotatable bonds is 6. The lowest BCUT2D eigenvalue weighted by Crippen LogP contribution is -2.41. The predicted molar refractivity (Wildman–Crippen MR) is 107 cm³/mol. The maximum absolute atomic E-state index is 12.3. The van der Waals surface area contributed by atoms with Gasteiger partial charge in [0.2, 0.25) is 11.8 Å². The average molecular weight is 423 g/mol. The molecule has 2 rings (SSSR count). The highest BCUT2D eigenvalue weighted by molar-refractivity contribution is 8.14. The Bertz CT molecular complexity index is 861. The van der Waals surface area contributed by atoms with E-state index in [0.717, 1.165) is 11.8 Å². The molecule has 12 heteroatoms. The molecule has 0 spiro atoms. The number of hydrogen-bond acceptors (Lipinski definition) is 8. The summed E-state index contributed by atoms with van der Waals surface area (Å²) in [5.74, 6) is -2.47. The molecule has 1 aromatic rings. The van der Waals surface area contributed by atoms with Crippen LogP contribution in [0.1, 0.15) is 16.6 Å². The molecule has 1 aliphatic heterocycles. The van der Waals surface area contributed by atoms with Gasteiger partial charge in [-0.1, -0.05) is 17.8 Å². The van der Waals surface area contributed by atoms with Crippen molar-refractivity contribution in [3.63, 3.8) is 0 Å². The minimum Gasteiger partial charge on any atom is -0.383 e. The molecule has 2 heterocycles. The van der Waals surface area contributed by atoms with E-state index in [1.54, 1.807) is 17.5 Å². The first-order valence-corrected chi connectivity index (χ1v) is 9.82. The van der Waals surface area contributed by atoms with Gasteiger partial charge in [0.05, 0.1) is 17.2 Å². The first kappa shape index (κ1) is 21.6. The van der Waals surface area contributed by atoms with Gasteiger partial charge in [-0.05, 0) is 11.4 Å². The molecule has 4 amide bonds. The summed E-state index contributed by atoms with van der Waals surface area (Å²) in [7, 11) is 1.52. The molecular weight excluding hydrogens is 406 g/mol. The van der Waals surface area contributed by atoms with Crippen LogP contribution in [0.25, 0.3) is 0 Å². The molecule has 0 saturated heterocycles. The monoisotopic (exact) mass is 423 g/mol. The Labute approximate surface area is 168 Å². The number of nitrogens with one attached hydrogen (secondary N) is 2. The topological polar surface area (TPSA) is 139 Å². The maximum Gasteiger partial charge on any atom is 0.302 e. The number of nitrogens with zero attached hydrogens (tertiary/aromatic N) is 3. The lowest BCUT2D eigenvalue weighted by Gasteiger charge is -2.13. The molecule has 0 radical (unpaired) electrons. The maximum atomic E-state index is 12.3. The van der Waals surface area contributed by atoms with Crippen molar-refractivity contribution in [2.75, 3.05) is 26.0 Å². The van der Waals surface area contributed by atoms with Crippen molar-refractivity contribution >= 4 is 63.4 Å². The van der Waals surface area contributed by atoms with Crippen molar-refractivity contribution in [3.05, 3.63) is 22.4 Å². The smallest absolute Gasteiger partial charge is 0.302 e. The molecule has 1 aliphatic rings. The van der Waals surface area contributed by atoms with E-state index in [4.69, 9.17) is 4.74 Å². The van der Waals surface area contributed by atoms with E-state index in [9.17, 15) is 19.2 Å².